The highest BCUT2D eigenvalue weighted by atomic mass is 16.5. The fraction of sp³-hybridized carbons (Fsp3) is 0.444. The number of hydrogen-bond donors (Lipinski definition) is 0. The molecule has 1 aromatic rings. The average molecular weight is 314 g/mol. The molecule has 0 unspecified atom stereocenters. The lowest BCUT2D eigenvalue weighted by atomic mass is 9.97. The van der Waals surface area contributed by atoms with E-state index in [0.29, 0.717) is 28.5 Å². The van der Waals surface area contributed by atoms with Crippen molar-refractivity contribution in [2.75, 3.05) is 27.2 Å². The Morgan fingerprint density at radius 3 is 2.39 bits per heavy atom. The Morgan fingerprint density at radius 2 is 1.74 bits per heavy atom. The van der Waals surface area contributed by atoms with Crippen LogP contribution >= 0.6 is 0 Å². The largest absolute Gasteiger partial charge is 0.496 e. The first kappa shape index (κ1) is 15.6. The number of methoxy groups -OCH3 is 1. The summed E-state index contributed by atoms with van der Waals surface area (Å²) in [6.07, 6.45) is 2.07. The van der Waals surface area contributed by atoms with Crippen molar-refractivity contribution in [1.82, 2.24) is 9.80 Å². The zero-order valence-electron chi connectivity index (χ0n) is 13.8. The molecular formula is C18H22N2O3. The van der Waals surface area contributed by atoms with Gasteiger partial charge in [-0.15, -0.1) is 0 Å². The highest BCUT2D eigenvalue weighted by Gasteiger charge is 2.40. The molecule has 0 aromatic heterocycles. The number of para-hydroxylation sites is 1. The second-order valence-electron chi connectivity index (χ2n) is 6.26. The Hall–Kier alpha value is -2.30. The molecule has 2 heterocycles. The number of rotatable bonds is 3. The van der Waals surface area contributed by atoms with Crippen LogP contribution < -0.4 is 4.74 Å². The van der Waals surface area contributed by atoms with Crippen molar-refractivity contribution < 1.29 is 14.3 Å². The number of carbonyl (C=O) groups is 2. The quantitative estimate of drug-likeness (QED) is 0.802. The number of amides is 2. The molecule has 122 valence electrons. The van der Waals surface area contributed by atoms with E-state index in [1.165, 1.54) is 4.90 Å². The van der Waals surface area contributed by atoms with Crippen LogP contribution in [0.4, 0.5) is 0 Å². The fourth-order valence-corrected chi connectivity index (χ4v) is 3.25. The summed E-state index contributed by atoms with van der Waals surface area (Å²) in [5.41, 5.74) is 1.67. The van der Waals surface area contributed by atoms with E-state index in [4.69, 9.17) is 4.74 Å². The number of hydrogen-bond acceptors (Lipinski definition) is 4. The molecule has 2 amide bonds. The molecule has 0 aliphatic carbocycles. The number of ether oxygens (including phenoxy) is 1. The van der Waals surface area contributed by atoms with Gasteiger partial charge in [-0.25, -0.2) is 0 Å². The molecule has 0 bridgehead atoms. The third-order valence-corrected chi connectivity index (χ3v) is 4.74. The van der Waals surface area contributed by atoms with E-state index in [9.17, 15) is 9.59 Å². The molecule has 23 heavy (non-hydrogen) atoms. The van der Waals surface area contributed by atoms with Gasteiger partial charge in [-0.2, -0.15) is 0 Å². The minimum Gasteiger partial charge on any atom is -0.496 e. The van der Waals surface area contributed by atoms with Gasteiger partial charge in [-0.3, -0.25) is 14.5 Å². The van der Waals surface area contributed by atoms with Crippen molar-refractivity contribution in [2.45, 2.75) is 19.8 Å². The van der Waals surface area contributed by atoms with E-state index in [0.717, 1.165) is 25.9 Å². The average Bonchev–Trinajstić information content (AvgIpc) is 2.80. The highest BCUT2D eigenvalue weighted by Crippen LogP contribution is 2.36. The molecule has 3 rings (SSSR count). The third kappa shape index (κ3) is 2.60. The number of nitrogens with zero attached hydrogens (tertiary/aromatic N) is 2. The Morgan fingerprint density at radius 1 is 1.09 bits per heavy atom. The minimum absolute atomic E-state index is 0.217. The van der Waals surface area contributed by atoms with Crippen molar-refractivity contribution in [1.29, 1.82) is 0 Å². The minimum atomic E-state index is -0.256. The number of benzene rings is 1. The molecule has 1 fully saturated rings. The van der Waals surface area contributed by atoms with Crippen molar-refractivity contribution in [3.8, 4) is 5.75 Å². The van der Waals surface area contributed by atoms with Crippen LogP contribution in [0.3, 0.4) is 0 Å². The number of carbonyl (C=O) groups excluding carboxylic acids is 2. The van der Waals surface area contributed by atoms with Crippen LogP contribution in [0.15, 0.2) is 30.0 Å². The predicted molar refractivity (Wildman–Crippen MR) is 87.7 cm³/mol. The number of imide groups is 1. The van der Waals surface area contributed by atoms with E-state index in [2.05, 4.69) is 11.8 Å². The van der Waals surface area contributed by atoms with E-state index in [1.807, 2.05) is 24.3 Å². The molecule has 2 aliphatic heterocycles. The van der Waals surface area contributed by atoms with Gasteiger partial charge in [0, 0.05) is 25.7 Å². The summed E-state index contributed by atoms with van der Waals surface area (Å²) in [4.78, 5) is 28.6. The van der Waals surface area contributed by atoms with Crippen molar-refractivity contribution >= 4 is 17.4 Å². The molecule has 0 saturated carbocycles. The maximum atomic E-state index is 12.7. The van der Waals surface area contributed by atoms with Gasteiger partial charge in [-0.05, 0) is 24.8 Å². The van der Waals surface area contributed by atoms with Crippen LogP contribution in [-0.4, -0.2) is 48.9 Å². The summed E-state index contributed by atoms with van der Waals surface area (Å²) >= 11 is 0. The lowest BCUT2D eigenvalue weighted by Gasteiger charge is -2.32. The van der Waals surface area contributed by atoms with Gasteiger partial charge >= 0.3 is 0 Å². The van der Waals surface area contributed by atoms with Gasteiger partial charge in [0.05, 0.1) is 12.7 Å². The summed E-state index contributed by atoms with van der Waals surface area (Å²) in [7, 11) is 3.12. The second-order valence-corrected chi connectivity index (χ2v) is 6.26. The summed E-state index contributed by atoms with van der Waals surface area (Å²) < 4.78 is 5.39. The van der Waals surface area contributed by atoms with E-state index < -0.39 is 0 Å². The van der Waals surface area contributed by atoms with Crippen LogP contribution in [0, 0.1) is 5.92 Å². The normalized spacial score (nSPS) is 19.8. The SMILES string of the molecule is COc1ccccc1C1=C(N2CCC(C)CC2)C(=O)N(C)C1=O. The zero-order chi connectivity index (χ0) is 16.6. The van der Waals surface area contributed by atoms with Crippen molar-refractivity contribution in [3.63, 3.8) is 0 Å². The lowest BCUT2D eigenvalue weighted by Crippen LogP contribution is -2.37. The maximum absolute atomic E-state index is 12.7. The smallest absolute Gasteiger partial charge is 0.277 e. The van der Waals surface area contributed by atoms with Crippen LogP contribution in [0.2, 0.25) is 0 Å². The van der Waals surface area contributed by atoms with E-state index in [1.54, 1.807) is 14.2 Å². The monoisotopic (exact) mass is 314 g/mol. The topological polar surface area (TPSA) is 49.9 Å². The van der Waals surface area contributed by atoms with Crippen LogP contribution in [-0.2, 0) is 9.59 Å². The van der Waals surface area contributed by atoms with Gasteiger partial charge in [0.25, 0.3) is 11.8 Å². The Kier molecular flexibility index (Phi) is 4.11. The summed E-state index contributed by atoms with van der Waals surface area (Å²) in [6, 6.07) is 7.37. The Labute approximate surface area is 136 Å². The molecule has 5 nitrogen and oxygen atoms in total. The predicted octanol–water partition coefficient (Wildman–Crippen LogP) is 2.14. The van der Waals surface area contributed by atoms with Gasteiger partial charge in [0.1, 0.15) is 11.4 Å². The lowest BCUT2D eigenvalue weighted by molar-refractivity contribution is -0.136. The summed E-state index contributed by atoms with van der Waals surface area (Å²) in [6.45, 7) is 3.84. The first-order valence-electron chi connectivity index (χ1n) is 7.99. The standard InChI is InChI=1S/C18H22N2O3/c1-12-8-10-20(11-9-12)16-15(17(21)19(2)18(16)22)13-6-4-5-7-14(13)23-3/h4-7,12H,8-11H2,1-3H3. The molecule has 1 saturated heterocycles. The van der Waals surface area contributed by atoms with E-state index in [-0.39, 0.29) is 11.8 Å². The van der Waals surface area contributed by atoms with Crippen LogP contribution in [0.5, 0.6) is 5.75 Å². The van der Waals surface area contributed by atoms with Crippen molar-refractivity contribution in [2.24, 2.45) is 5.92 Å². The number of likely N-dealkylation sites (tertiary alicyclic amines) is 1. The highest BCUT2D eigenvalue weighted by molar-refractivity contribution is 6.35. The molecule has 5 heteroatoms. The van der Waals surface area contributed by atoms with Crippen molar-refractivity contribution in [3.05, 3.63) is 35.5 Å². The van der Waals surface area contributed by atoms with Crippen LogP contribution in [0.25, 0.3) is 5.57 Å². The van der Waals surface area contributed by atoms with Gasteiger partial charge in [0.2, 0.25) is 0 Å². The van der Waals surface area contributed by atoms with Gasteiger partial charge in [-0.1, -0.05) is 25.1 Å². The van der Waals surface area contributed by atoms with Gasteiger partial charge < -0.3 is 9.64 Å². The second kappa shape index (κ2) is 6.07. The molecule has 0 atom stereocenters. The summed E-state index contributed by atoms with van der Waals surface area (Å²) in [5.74, 6) is 0.798. The summed E-state index contributed by atoms with van der Waals surface area (Å²) in [5, 5.41) is 0. The third-order valence-electron chi connectivity index (χ3n) is 4.74. The zero-order valence-corrected chi connectivity index (χ0v) is 13.8. The van der Waals surface area contributed by atoms with E-state index >= 15 is 0 Å². The first-order chi connectivity index (χ1) is 11.0. The fourth-order valence-electron chi connectivity index (χ4n) is 3.25. The van der Waals surface area contributed by atoms with Gasteiger partial charge in [0.15, 0.2) is 0 Å². The maximum Gasteiger partial charge on any atom is 0.277 e. The molecule has 0 spiro atoms. The molecule has 2 aliphatic rings. The molecule has 0 N–H and O–H groups in total. The van der Waals surface area contributed by atoms with Crippen LogP contribution in [0.1, 0.15) is 25.3 Å². The number of likely N-dealkylation sites (N-methyl/N-ethyl adjacent to an activating group) is 1. The molecule has 0 radical (unpaired) electrons. The Balaban J connectivity index is 2.11. The molecule has 1 aromatic carbocycles. The number of piperidine rings is 1. The molecular weight excluding hydrogens is 292 g/mol. The Bertz CT molecular complexity index is 673. The first-order valence-corrected chi connectivity index (χ1v) is 7.99.